The van der Waals surface area contributed by atoms with Crippen molar-refractivity contribution in [3.8, 4) is 0 Å². The van der Waals surface area contributed by atoms with Gasteiger partial charge in [-0.15, -0.1) is 0 Å². The summed E-state index contributed by atoms with van der Waals surface area (Å²) in [5, 5.41) is 7.71. The van der Waals surface area contributed by atoms with E-state index in [0.29, 0.717) is 0 Å². The molecule has 0 saturated heterocycles. The number of nitrogens with zero attached hydrogens (tertiary/aromatic N) is 2. The van der Waals surface area contributed by atoms with Crippen molar-refractivity contribution in [1.82, 2.24) is 15.1 Å². The van der Waals surface area contributed by atoms with Crippen LogP contribution in [0.25, 0.3) is 0 Å². The molecule has 0 aliphatic carbocycles. The summed E-state index contributed by atoms with van der Waals surface area (Å²) in [6.45, 7) is 8.49. The second-order valence-corrected chi connectivity index (χ2v) is 4.66. The fourth-order valence-corrected chi connectivity index (χ4v) is 2.09. The van der Waals surface area contributed by atoms with Crippen molar-refractivity contribution in [2.24, 2.45) is 7.05 Å². The lowest BCUT2D eigenvalue weighted by molar-refractivity contribution is 0.0758. The number of nitrogens with one attached hydrogen (secondary N) is 1. The zero-order valence-corrected chi connectivity index (χ0v) is 12.0. The minimum absolute atomic E-state index is 0.248. The first kappa shape index (κ1) is 13.7. The van der Waals surface area contributed by atoms with Crippen LogP contribution in [0.15, 0.2) is 4.47 Å². The maximum atomic E-state index is 5.45. The van der Waals surface area contributed by atoms with Gasteiger partial charge in [-0.25, -0.2) is 0 Å². The van der Waals surface area contributed by atoms with Crippen molar-refractivity contribution >= 4 is 15.9 Å². The second kappa shape index (κ2) is 6.37. The lowest BCUT2D eigenvalue weighted by atomic mass is 10.3. The summed E-state index contributed by atoms with van der Waals surface area (Å²) in [6, 6.07) is 0. The first-order chi connectivity index (χ1) is 7.56. The summed E-state index contributed by atoms with van der Waals surface area (Å²) in [4.78, 5) is 0. The Morgan fingerprint density at radius 2 is 2.25 bits per heavy atom. The molecule has 5 heteroatoms. The molecule has 4 nitrogen and oxygen atoms in total. The molecule has 0 spiro atoms. The zero-order chi connectivity index (χ0) is 12.1. The van der Waals surface area contributed by atoms with Gasteiger partial charge in [-0.2, -0.15) is 5.10 Å². The van der Waals surface area contributed by atoms with Gasteiger partial charge in [-0.3, -0.25) is 4.68 Å². The lowest BCUT2D eigenvalue weighted by Gasteiger charge is -2.12. The van der Waals surface area contributed by atoms with Gasteiger partial charge in [0.2, 0.25) is 0 Å². The summed E-state index contributed by atoms with van der Waals surface area (Å²) < 4.78 is 8.44. The number of aromatic nitrogens is 2. The molecule has 0 fully saturated rings. The molecule has 1 unspecified atom stereocenters. The van der Waals surface area contributed by atoms with Crippen molar-refractivity contribution < 1.29 is 4.74 Å². The van der Waals surface area contributed by atoms with E-state index >= 15 is 0 Å². The Morgan fingerprint density at radius 3 is 2.75 bits per heavy atom. The van der Waals surface area contributed by atoms with E-state index in [-0.39, 0.29) is 6.10 Å². The van der Waals surface area contributed by atoms with E-state index < -0.39 is 0 Å². The lowest BCUT2D eigenvalue weighted by Crippen LogP contribution is -2.27. The van der Waals surface area contributed by atoms with E-state index in [2.05, 4.69) is 33.3 Å². The quantitative estimate of drug-likeness (QED) is 0.871. The number of aryl methyl sites for hydroxylation is 2. The van der Waals surface area contributed by atoms with Crippen LogP contribution < -0.4 is 5.32 Å². The molecule has 1 heterocycles. The molecular formula is C11H20BrN3O. The highest BCUT2D eigenvalue weighted by Gasteiger charge is 2.10. The summed E-state index contributed by atoms with van der Waals surface area (Å²) >= 11 is 3.54. The van der Waals surface area contributed by atoms with Crippen LogP contribution in [0.5, 0.6) is 0 Å². The van der Waals surface area contributed by atoms with Gasteiger partial charge in [-0.05, 0) is 36.7 Å². The standard InChI is InChI=1S/C11H20BrN3O/c1-5-16-8(2)6-13-7-10-11(12)9(3)14-15(10)4/h8,13H,5-7H2,1-4H3. The maximum Gasteiger partial charge on any atom is 0.0739 e. The highest BCUT2D eigenvalue weighted by Crippen LogP contribution is 2.19. The molecule has 92 valence electrons. The molecule has 1 N–H and O–H groups in total. The summed E-state index contributed by atoms with van der Waals surface area (Å²) in [5.74, 6) is 0. The van der Waals surface area contributed by atoms with Crippen LogP contribution in [-0.2, 0) is 18.3 Å². The Morgan fingerprint density at radius 1 is 1.56 bits per heavy atom. The average Bonchev–Trinajstić information content (AvgIpc) is 2.45. The van der Waals surface area contributed by atoms with Crippen molar-refractivity contribution in [2.45, 2.75) is 33.4 Å². The van der Waals surface area contributed by atoms with Crippen molar-refractivity contribution in [1.29, 1.82) is 0 Å². The highest BCUT2D eigenvalue weighted by atomic mass is 79.9. The molecule has 0 aromatic carbocycles. The highest BCUT2D eigenvalue weighted by molar-refractivity contribution is 9.10. The molecule has 16 heavy (non-hydrogen) atoms. The third-order valence-corrected chi connectivity index (χ3v) is 3.47. The van der Waals surface area contributed by atoms with Crippen LogP contribution in [0.3, 0.4) is 0 Å². The third-order valence-electron chi connectivity index (χ3n) is 2.44. The van der Waals surface area contributed by atoms with Crippen LogP contribution in [0, 0.1) is 6.92 Å². The van der Waals surface area contributed by atoms with E-state index in [1.807, 2.05) is 25.6 Å². The Labute approximate surface area is 105 Å². The summed E-state index contributed by atoms with van der Waals surface area (Å²) in [6.07, 6.45) is 0.248. The van der Waals surface area contributed by atoms with Gasteiger partial charge >= 0.3 is 0 Å². The van der Waals surface area contributed by atoms with Crippen LogP contribution in [0.1, 0.15) is 25.2 Å². The van der Waals surface area contributed by atoms with E-state index in [1.54, 1.807) is 0 Å². The molecule has 0 aliphatic heterocycles. The average molecular weight is 290 g/mol. The predicted octanol–water partition coefficient (Wildman–Crippen LogP) is 2.01. The maximum absolute atomic E-state index is 5.45. The van der Waals surface area contributed by atoms with Crippen LogP contribution in [0.2, 0.25) is 0 Å². The second-order valence-electron chi connectivity index (χ2n) is 3.87. The van der Waals surface area contributed by atoms with Gasteiger partial charge < -0.3 is 10.1 Å². The van der Waals surface area contributed by atoms with E-state index in [9.17, 15) is 0 Å². The summed E-state index contributed by atoms with van der Waals surface area (Å²) in [7, 11) is 1.96. The molecular weight excluding hydrogens is 270 g/mol. The molecule has 1 aromatic heterocycles. The molecule has 1 atom stereocenters. The zero-order valence-electron chi connectivity index (χ0n) is 10.4. The fourth-order valence-electron chi connectivity index (χ4n) is 1.61. The van der Waals surface area contributed by atoms with Gasteiger partial charge in [0, 0.05) is 26.7 Å². The van der Waals surface area contributed by atoms with Gasteiger partial charge in [-0.1, -0.05) is 0 Å². The van der Waals surface area contributed by atoms with Crippen molar-refractivity contribution in [3.63, 3.8) is 0 Å². The minimum Gasteiger partial charge on any atom is -0.377 e. The number of rotatable bonds is 6. The molecule has 0 bridgehead atoms. The van der Waals surface area contributed by atoms with Crippen LogP contribution >= 0.6 is 15.9 Å². The largest absolute Gasteiger partial charge is 0.377 e. The molecule has 0 saturated carbocycles. The molecule has 0 amide bonds. The van der Waals surface area contributed by atoms with Gasteiger partial charge in [0.15, 0.2) is 0 Å². The summed E-state index contributed by atoms with van der Waals surface area (Å²) in [5.41, 5.74) is 2.19. The number of hydrogen-bond acceptors (Lipinski definition) is 3. The van der Waals surface area contributed by atoms with E-state index in [1.165, 1.54) is 5.69 Å². The molecule has 0 radical (unpaired) electrons. The van der Waals surface area contributed by atoms with Gasteiger partial charge in [0.25, 0.3) is 0 Å². The van der Waals surface area contributed by atoms with E-state index in [0.717, 1.165) is 29.9 Å². The third kappa shape index (κ3) is 3.57. The molecule has 1 rings (SSSR count). The van der Waals surface area contributed by atoms with Crippen molar-refractivity contribution in [2.75, 3.05) is 13.2 Å². The van der Waals surface area contributed by atoms with Gasteiger partial charge in [0.1, 0.15) is 0 Å². The monoisotopic (exact) mass is 289 g/mol. The van der Waals surface area contributed by atoms with Gasteiger partial charge in [0.05, 0.1) is 22.0 Å². The topological polar surface area (TPSA) is 39.1 Å². The number of hydrogen-bond donors (Lipinski definition) is 1. The fraction of sp³-hybridized carbons (Fsp3) is 0.727. The number of ether oxygens (including phenoxy) is 1. The normalized spacial score (nSPS) is 13.1. The predicted molar refractivity (Wildman–Crippen MR) is 68.4 cm³/mol. The first-order valence-electron chi connectivity index (χ1n) is 5.56. The SMILES string of the molecule is CCOC(C)CNCc1c(Br)c(C)nn1C. The Hall–Kier alpha value is -0.390. The Bertz CT molecular complexity index is 338. The molecule has 0 aliphatic rings. The van der Waals surface area contributed by atoms with Crippen LogP contribution in [-0.4, -0.2) is 29.0 Å². The van der Waals surface area contributed by atoms with E-state index in [4.69, 9.17) is 4.74 Å². The Balaban J connectivity index is 2.43. The van der Waals surface area contributed by atoms with Crippen molar-refractivity contribution in [3.05, 3.63) is 15.9 Å². The number of halogens is 1. The minimum atomic E-state index is 0.248. The first-order valence-corrected chi connectivity index (χ1v) is 6.35. The Kier molecular flexibility index (Phi) is 5.44. The smallest absolute Gasteiger partial charge is 0.0739 e. The van der Waals surface area contributed by atoms with Crippen LogP contribution in [0.4, 0.5) is 0 Å². The molecule has 1 aromatic rings.